The third kappa shape index (κ3) is 6.67. The van der Waals surface area contributed by atoms with E-state index in [4.69, 9.17) is 9.47 Å². The molecule has 2 heterocycles. The molecule has 0 radical (unpaired) electrons. The van der Waals surface area contributed by atoms with Gasteiger partial charge in [0.25, 0.3) is 0 Å². The predicted molar refractivity (Wildman–Crippen MR) is 106 cm³/mol. The summed E-state index contributed by atoms with van der Waals surface area (Å²) >= 11 is 0. The van der Waals surface area contributed by atoms with Crippen LogP contribution in [0.4, 0.5) is 9.59 Å². The highest BCUT2D eigenvalue weighted by atomic mass is 16.6. The van der Waals surface area contributed by atoms with Gasteiger partial charge in [-0.2, -0.15) is 0 Å². The molecule has 0 atom stereocenters. The first-order valence-corrected chi connectivity index (χ1v) is 10.4. The van der Waals surface area contributed by atoms with Crippen LogP contribution in [0.1, 0.15) is 67.2 Å². The number of ketones is 1. The highest BCUT2D eigenvalue weighted by molar-refractivity contribution is 5.84. The number of hydrogen-bond donors (Lipinski definition) is 0. The van der Waals surface area contributed by atoms with Gasteiger partial charge >= 0.3 is 12.2 Å². The van der Waals surface area contributed by atoms with Crippen LogP contribution in [0.25, 0.3) is 0 Å². The standard InChI is InChI=1S/C21H36N2O5/c1-20(2,3)27-18(25)22-11-7-15(8-12-22)17(24)16-9-13-23(14-10-16)19(26)28-21(4,5)6/h15-16H,7-14H2,1-6H3. The van der Waals surface area contributed by atoms with Crippen molar-refractivity contribution in [2.75, 3.05) is 26.2 Å². The summed E-state index contributed by atoms with van der Waals surface area (Å²) in [6.45, 7) is 13.3. The first kappa shape index (κ1) is 22.5. The predicted octanol–water partition coefficient (Wildman–Crippen LogP) is 3.85. The second kappa shape index (κ2) is 8.70. The first-order chi connectivity index (χ1) is 12.9. The van der Waals surface area contributed by atoms with E-state index in [2.05, 4.69) is 0 Å². The van der Waals surface area contributed by atoms with Crippen LogP contribution in [0.2, 0.25) is 0 Å². The normalized spacial score (nSPS) is 20.1. The maximum atomic E-state index is 12.9. The van der Waals surface area contributed by atoms with E-state index in [1.807, 2.05) is 41.5 Å². The van der Waals surface area contributed by atoms with E-state index in [1.165, 1.54) is 0 Å². The average Bonchev–Trinajstić information content (AvgIpc) is 2.58. The molecule has 0 aromatic heterocycles. The molecular formula is C21H36N2O5. The summed E-state index contributed by atoms with van der Waals surface area (Å²) in [5, 5.41) is 0. The lowest BCUT2D eigenvalue weighted by molar-refractivity contribution is -0.129. The number of Topliss-reactive ketones (excluding diaryl/α,β-unsaturated/α-hetero) is 1. The SMILES string of the molecule is CC(C)(C)OC(=O)N1CCC(C(=O)C2CCN(C(=O)OC(C)(C)C)CC2)CC1. The van der Waals surface area contributed by atoms with E-state index in [0.29, 0.717) is 51.9 Å². The van der Waals surface area contributed by atoms with E-state index in [9.17, 15) is 14.4 Å². The lowest BCUT2D eigenvalue weighted by atomic mass is 9.81. The fourth-order valence-corrected chi connectivity index (χ4v) is 3.68. The van der Waals surface area contributed by atoms with Gasteiger partial charge in [0.2, 0.25) is 0 Å². The van der Waals surface area contributed by atoms with Crippen LogP contribution in [0.15, 0.2) is 0 Å². The van der Waals surface area contributed by atoms with Gasteiger partial charge < -0.3 is 19.3 Å². The summed E-state index contributed by atoms with van der Waals surface area (Å²) in [6.07, 6.45) is 2.14. The zero-order chi connectivity index (χ0) is 21.1. The molecule has 2 aliphatic rings. The van der Waals surface area contributed by atoms with Crippen molar-refractivity contribution in [2.45, 2.75) is 78.4 Å². The van der Waals surface area contributed by atoms with Gasteiger partial charge in [-0.1, -0.05) is 0 Å². The number of rotatable bonds is 2. The van der Waals surface area contributed by atoms with Crippen LogP contribution in [0, 0.1) is 11.8 Å². The monoisotopic (exact) mass is 396 g/mol. The third-order valence-corrected chi connectivity index (χ3v) is 5.10. The van der Waals surface area contributed by atoms with Gasteiger partial charge in [0.15, 0.2) is 0 Å². The number of ether oxygens (including phenoxy) is 2. The Morgan fingerprint density at radius 1 is 0.643 bits per heavy atom. The smallest absolute Gasteiger partial charge is 0.410 e. The van der Waals surface area contributed by atoms with Crippen LogP contribution < -0.4 is 0 Å². The molecule has 0 N–H and O–H groups in total. The second-order valence-corrected chi connectivity index (χ2v) is 9.89. The largest absolute Gasteiger partial charge is 0.444 e. The molecule has 0 aromatic carbocycles. The van der Waals surface area contributed by atoms with Crippen molar-refractivity contribution in [3.05, 3.63) is 0 Å². The van der Waals surface area contributed by atoms with Crippen LogP contribution in [0.5, 0.6) is 0 Å². The van der Waals surface area contributed by atoms with Gasteiger partial charge in [0.05, 0.1) is 0 Å². The zero-order valence-electron chi connectivity index (χ0n) is 18.2. The van der Waals surface area contributed by atoms with Crippen molar-refractivity contribution < 1.29 is 23.9 Å². The van der Waals surface area contributed by atoms with Crippen molar-refractivity contribution in [1.82, 2.24) is 9.80 Å². The van der Waals surface area contributed by atoms with E-state index < -0.39 is 11.2 Å². The van der Waals surface area contributed by atoms with Crippen LogP contribution >= 0.6 is 0 Å². The molecule has 0 aliphatic carbocycles. The maximum Gasteiger partial charge on any atom is 0.410 e. The quantitative estimate of drug-likeness (QED) is 0.709. The Balaban J connectivity index is 1.77. The zero-order valence-corrected chi connectivity index (χ0v) is 18.2. The number of amides is 2. The van der Waals surface area contributed by atoms with Crippen LogP contribution in [-0.4, -0.2) is 65.2 Å². The topological polar surface area (TPSA) is 76.2 Å². The van der Waals surface area contributed by atoms with Gasteiger partial charge in [-0.25, -0.2) is 9.59 Å². The lowest BCUT2D eigenvalue weighted by Gasteiger charge is -2.36. The Morgan fingerprint density at radius 3 is 1.18 bits per heavy atom. The number of likely N-dealkylation sites (tertiary alicyclic amines) is 2. The van der Waals surface area contributed by atoms with E-state index in [0.717, 1.165) is 0 Å². The van der Waals surface area contributed by atoms with Crippen molar-refractivity contribution in [3.63, 3.8) is 0 Å². The molecular weight excluding hydrogens is 360 g/mol. The molecule has 7 nitrogen and oxygen atoms in total. The Kier molecular flexibility index (Phi) is 6.99. The average molecular weight is 397 g/mol. The molecule has 0 bridgehead atoms. The second-order valence-electron chi connectivity index (χ2n) is 9.89. The molecule has 2 saturated heterocycles. The molecule has 0 saturated carbocycles. The van der Waals surface area contributed by atoms with Crippen LogP contribution in [0.3, 0.4) is 0 Å². The number of piperidine rings is 2. The minimum absolute atomic E-state index is 0.00300. The van der Waals surface area contributed by atoms with Gasteiger partial charge in [-0.05, 0) is 67.2 Å². The summed E-state index contributed by atoms with van der Waals surface area (Å²) < 4.78 is 10.8. The number of nitrogens with zero attached hydrogens (tertiary/aromatic N) is 2. The first-order valence-electron chi connectivity index (χ1n) is 10.4. The number of hydrogen-bond acceptors (Lipinski definition) is 5. The van der Waals surface area contributed by atoms with E-state index >= 15 is 0 Å². The van der Waals surface area contributed by atoms with Crippen LogP contribution in [-0.2, 0) is 14.3 Å². The number of carbonyl (C=O) groups excluding carboxylic acids is 3. The summed E-state index contributed by atoms with van der Waals surface area (Å²) in [6, 6.07) is 0. The fraction of sp³-hybridized carbons (Fsp3) is 0.857. The lowest BCUT2D eigenvalue weighted by Crippen LogP contribution is -2.46. The summed E-state index contributed by atoms with van der Waals surface area (Å²) in [5.41, 5.74) is -1.02. The van der Waals surface area contributed by atoms with E-state index in [1.54, 1.807) is 9.80 Å². The number of carbonyl (C=O) groups is 3. The highest BCUT2D eigenvalue weighted by Gasteiger charge is 2.35. The van der Waals surface area contributed by atoms with Crippen molar-refractivity contribution >= 4 is 18.0 Å². The Labute approximate surface area is 168 Å². The fourth-order valence-electron chi connectivity index (χ4n) is 3.68. The van der Waals surface area contributed by atoms with Gasteiger partial charge in [0, 0.05) is 38.0 Å². The third-order valence-electron chi connectivity index (χ3n) is 5.10. The molecule has 2 rings (SSSR count). The van der Waals surface area contributed by atoms with Crippen molar-refractivity contribution in [2.24, 2.45) is 11.8 Å². The highest BCUT2D eigenvalue weighted by Crippen LogP contribution is 2.28. The molecule has 28 heavy (non-hydrogen) atoms. The summed E-state index contributed by atoms with van der Waals surface area (Å²) in [4.78, 5) is 40.6. The maximum absolute atomic E-state index is 12.9. The van der Waals surface area contributed by atoms with Crippen molar-refractivity contribution in [1.29, 1.82) is 0 Å². The van der Waals surface area contributed by atoms with Gasteiger partial charge in [0.1, 0.15) is 17.0 Å². The minimum atomic E-state index is -0.508. The molecule has 160 valence electrons. The molecule has 7 heteroatoms. The molecule has 2 amide bonds. The van der Waals surface area contributed by atoms with Gasteiger partial charge in [-0.3, -0.25) is 4.79 Å². The summed E-state index contributed by atoms with van der Waals surface area (Å²) in [5.74, 6) is 0.279. The molecule has 2 aliphatic heterocycles. The van der Waals surface area contributed by atoms with E-state index in [-0.39, 0.29) is 29.8 Å². The Hall–Kier alpha value is -1.79. The Bertz CT molecular complexity index is 525. The van der Waals surface area contributed by atoms with Gasteiger partial charge in [-0.15, -0.1) is 0 Å². The molecule has 0 unspecified atom stereocenters. The van der Waals surface area contributed by atoms with Crippen molar-refractivity contribution in [3.8, 4) is 0 Å². The molecule has 0 spiro atoms. The minimum Gasteiger partial charge on any atom is -0.444 e. The summed E-state index contributed by atoms with van der Waals surface area (Å²) in [7, 11) is 0. The Morgan fingerprint density at radius 2 is 0.929 bits per heavy atom. The molecule has 2 fully saturated rings. The molecule has 0 aromatic rings.